The van der Waals surface area contributed by atoms with Crippen molar-refractivity contribution in [1.29, 1.82) is 0 Å². The van der Waals surface area contributed by atoms with Gasteiger partial charge in [0.25, 0.3) is 11.8 Å². The van der Waals surface area contributed by atoms with Gasteiger partial charge in [-0.25, -0.2) is 4.79 Å². The highest BCUT2D eigenvalue weighted by atomic mass is 16.5. The van der Waals surface area contributed by atoms with Crippen LogP contribution in [0.15, 0.2) is 71.3 Å². The summed E-state index contributed by atoms with van der Waals surface area (Å²) in [6.45, 7) is -0.554. The van der Waals surface area contributed by atoms with Crippen LogP contribution in [0.3, 0.4) is 0 Å². The van der Waals surface area contributed by atoms with Gasteiger partial charge >= 0.3 is 5.97 Å². The van der Waals surface area contributed by atoms with E-state index in [1.54, 1.807) is 24.3 Å². The van der Waals surface area contributed by atoms with Crippen molar-refractivity contribution in [3.05, 3.63) is 78.3 Å². The average molecular weight is 452 g/mol. The van der Waals surface area contributed by atoms with Gasteiger partial charge in [-0.1, -0.05) is 30.3 Å². The summed E-state index contributed by atoms with van der Waals surface area (Å²) in [5.41, 5.74) is 1.18. The van der Waals surface area contributed by atoms with Crippen molar-refractivity contribution < 1.29 is 33.0 Å². The fourth-order valence-electron chi connectivity index (χ4n) is 3.02. The zero-order chi connectivity index (χ0) is 23.6. The Labute approximate surface area is 190 Å². The molecule has 9 nitrogen and oxygen atoms in total. The fraction of sp³-hybridized carbons (Fsp3) is 0.208. The predicted molar refractivity (Wildman–Crippen MR) is 119 cm³/mol. The number of esters is 1. The molecule has 1 aromatic heterocycles. The first-order chi connectivity index (χ1) is 16.0. The molecular formula is C24H24N2O7. The summed E-state index contributed by atoms with van der Waals surface area (Å²) in [4.78, 5) is 37.5. The SMILES string of the molecule is COc1ccc(OC)c(NC(=O)COC(=O)[C@@H](Cc2ccccc2)NC(=O)c2ccco2)c1. The van der Waals surface area contributed by atoms with Gasteiger partial charge in [0.15, 0.2) is 12.4 Å². The molecule has 1 atom stereocenters. The first kappa shape index (κ1) is 23.4. The van der Waals surface area contributed by atoms with E-state index in [1.807, 2.05) is 30.3 Å². The molecule has 0 saturated heterocycles. The van der Waals surface area contributed by atoms with Crippen LogP contribution >= 0.6 is 0 Å². The van der Waals surface area contributed by atoms with Gasteiger partial charge in [0.2, 0.25) is 0 Å². The molecule has 0 spiro atoms. The van der Waals surface area contributed by atoms with Crippen molar-refractivity contribution in [2.45, 2.75) is 12.5 Å². The average Bonchev–Trinajstić information content (AvgIpc) is 3.38. The number of ether oxygens (including phenoxy) is 3. The van der Waals surface area contributed by atoms with Crippen molar-refractivity contribution in [3.8, 4) is 11.5 Å². The van der Waals surface area contributed by atoms with Gasteiger partial charge < -0.3 is 29.3 Å². The third-order valence-electron chi connectivity index (χ3n) is 4.64. The number of carbonyl (C=O) groups is 3. The molecule has 0 saturated carbocycles. The van der Waals surface area contributed by atoms with Crippen LogP contribution in [0.4, 0.5) is 5.69 Å². The van der Waals surface area contributed by atoms with Crippen LogP contribution in [0.1, 0.15) is 16.1 Å². The zero-order valence-corrected chi connectivity index (χ0v) is 18.2. The molecule has 0 aliphatic rings. The van der Waals surface area contributed by atoms with Crippen LogP contribution in [0, 0.1) is 0 Å². The second kappa shape index (κ2) is 11.4. The summed E-state index contributed by atoms with van der Waals surface area (Å²) in [6, 6.07) is 16.1. The molecule has 0 aliphatic carbocycles. The standard InChI is InChI=1S/C24H24N2O7/c1-30-17-10-11-20(31-2)18(14-17)25-22(27)15-33-24(29)19(13-16-7-4-3-5-8-16)26-23(28)21-9-6-12-32-21/h3-12,14,19H,13,15H2,1-2H3,(H,25,27)(H,26,28)/t19-/m1/s1. The van der Waals surface area contributed by atoms with E-state index in [4.69, 9.17) is 18.6 Å². The second-order valence-electron chi connectivity index (χ2n) is 6.92. The minimum absolute atomic E-state index is 0.0590. The molecule has 2 N–H and O–H groups in total. The van der Waals surface area contributed by atoms with Gasteiger partial charge in [0, 0.05) is 12.5 Å². The monoisotopic (exact) mass is 452 g/mol. The lowest BCUT2D eigenvalue weighted by molar-refractivity contribution is -0.149. The Morgan fingerprint density at radius 1 is 0.970 bits per heavy atom. The molecule has 9 heteroatoms. The van der Waals surface area contributed by atoms with E-state index in [0.717, 1.165) is 5.56 Å². The molecular weight excluding hydrogens is 428 g/mol. The first-order valence-electron chi connectivity index (χ1n) is 10.1. The summed E-state index contributed by atoms with van der Waals surface area (Å²) in [6.07, 6.45) is 1.54. The van der Waals surface area contributed by atoms with Gasteiger partial charge in [0.1, 0.15) is 17.5 Å². The van der Waals surface area contributed by atoms with Crippen LogP contribution in [0.25, 0.3) is 0 Å². The normalized spacial score (nSPS) is 11.2. The Kier molecular flexibility index (Phi) is 8.07. The van der Waals surface area contributed by atoms with Crippen LogP contribution in [0.2, 0.25) is 0 Å². The number of hydrogen-bond donors (Lipinski definition) is 2. The topological polar surface area (TPSA) is 116 Å². The summed E-state index contributed by atoms with van der Waals surface area (Å²) in [7, 11) is 2.96. The molecule has 0 fully saturated rings. The van der Waals surface area contributed by atoms with Crippen LogP contribution in [-0.2, 0) is 20.7 Å². The van der Waals surface area contributed by atoms with Crippen molar-refractivity contribution in [1.82, 2.24) is 5.32 Å². The summed E-state index contributed by atoms with van der Waals surface area (Å²) >= 11 is 0. The molecule has 0 radical (unpaired) electrons. The molecule has 0 bridgehead atoms. The van der Waals surface area contributed by atoms with Crippen molar-refractivity contribution in [3.63, 3.8) is 0 Å². The molecule has 2 amide bonds. The Morgan fingerprint density at radius 3 is 2.42 bits per heavy atom. The maximum absolute atomic E-state index is 12.7. The zero-order valence-electron chi connectivity index (χ0n) is 18.2. The minimum atomic E-state index is -1.02. The molecule has 1 heterocycles. The van der Waals surface area contributed by atoms with E-state index < -0.39 is 30.4 Å². The number of methoxy groups -OCH3 is 2. The van der Waals surface area contributed by atoms with Gasteiger partial charge in [-0.15, -0.1) is 0 Å². The van der Waals surface area contributed by atoms with E-state index in [-0.39, 0.29) is 12.2 Å². The number of benzene rings is 2. The maximum Gasteiger partial charge on any atom is 0.329 e. The second-order valence-corrected chi connectivity index (χ2v) is 6.92. The number of hydrogen-bond acceptors (Lipinski definition) is 7. The molecule has 0 unspecified atom stereocenters. The summed E-state index contributed by atoms with van der Waals surface area (Å²) in [5, 5.41) is 5.22. The van der Waals surface area contributed by atoms with Crippen LogP contribution in [-0.4, -0.2) is 44.7 Å². The number of anilines is 1. The van der Waals surface area contributed by atoms with E-state index in [9.17, 15) is 14.4 Å². The van der Waals surface area contributed by atoms with Gasteiger partial charge in [-0.2, -0.15) is 0 Å². The highest BCUT2D eigenvalue weighted by Crippen LogP contribution is 2.28. The molecule has 3 rings (SSSR count). The Hall–Kier alpha value is -4.27. The fourth-order valence-corrected chi connectivity index (χ4v) is 3.02. The molecule has 33 heavy (non-hydrogen) atoms. The summed E-state index contributed by atoms with van der Waals surface area (Å²) < 4.78 is 20.6. The number of amides is 2. The largest absolute Gasteiger partial charge is 0.497 e. The minimum Gasteiger partial charge on any atom is -0.497 e. The number of rotatable bonds is 10. The van der Waals surface area contributed by atoms with E-state index in [2.05, 4.69) is 10.6 Å². The lowest BCUT2D eigenvalue weighted by atomic mass is 10.1. The van der Waals surface area contributed by atoms with Gasteiger partial charge in [-0.3, -0.25) is 9.59 Å². The predicted octanol–water partition coefficient (Wildman–Crippen LogP) is 2.82. The number of carbonyl (C=O) groups excluding carboxylic acids is 3. The van der Waals surface area contributed by atoms with Crippen molar-refractivity contribution in [2.24, 2.45) is 0 Å². The molecule has 2 aromatic carbocycles. The summed E-state index contributed by atoms with van der Waals surface area (Å²) in [5.74, 6) is -0.904. The molecule has 172 valence electrons. The lowest BCUT2D eigenvalue weighted by Crippen LogP contribution is -2.44. The van der Waals surface area contributed by atoms with Gasteiger partial charge in [0.05, 0.1) is 26.2 Å². The van der Waals surface area contributed by atoms with Crippen molar-refractivity contribution in [2.75, 3.05) is 26.1 Å². The van der Waals surface area contributed by atoms with E-state index in [1.165, 1.54) is 26.5 Å². The Morgan fingerprint density at radius 2 is 1.76 bits per heavy atom. The smallest absolute Gasteiger partial charge is 0.329 e. The number of furan rings is 1. The first-order valence-corrected chi connectivity index (χ1v) is 10.1. The molecule has 0 aliphatic heterocycles. The van der Waals surface area contributed by atoms with E-state index >= 15 is 0 Å². The lowest BCUT2D eigenvalue weighted by Gasteiger charge is -2.17. The van der Waals surface area contributed by atoms with Crippen LogP contribution < -0.4 is 20.1 Å². The maximum atomic E-state index is 12.7. The molecule has 3 aromatic rings. The van der Waals surface area contributed by atoms with Crippen molar-refractivity contribution >= 4 is 23.5 Å². The highest BCUT2D eigenvalue weighted by molar-refractivity contribution is 5.96. The van der Waals surface area contributed by atoms with Crippen LogP contribution in [0.5, 0.6) is 11.5 Å². The third-order valence-corrected chi connectivity index (χ3v) is 4.64. The Bertz CT molecular complexity index is 1080. The van der Waals surface area contributed by atoms with Gasteiger partial charge in [-0.05, 0) is 29.8 Å². The van der Waals surface area contributed by atoms with E-state index in [0.29, 0.717) is 17.2 Å². The Balaban J connectivity index is 1.64. The third kappa shape index (κ3) is 6.60. The number of nitrogens with one attached hydrogen (secondary N) is 2. The quantitative estimate of drug-likeness (QED) is 0.455. The highest BCUT2D eigenvalue weighted by Gasteiger charge is 2.25.